The second-order valence-electron chi connectivity index (χ2n) is 4.22. The number of rotatable bonds is 7. The Bertz CT molecular complexity index is 679. The number of aldehydes is 1. The molecule has 0 saturated carbocycles. The maximum Gasteiger partial charge on any atom is 0.305 e. The molecule has 1 N–H and O–H groups in total. The van der Waals surface area contributed by atoms with E-state index < -0.39 is 5.97 Å². The van der Waals surface area contributed by atoms with E-state index in [9.17, 15) is 14.4 Å². The van der Waals surface area contributed by atoms with Crippen LogP contribution in [0.2, 0.25) is 0 Å². The van der Waals surface area contributed by atoms with Crippen LogP contribution in [0.25, 0.3) is 4.96 Å². The molecule has 0 aliphatic heterocycles. The summed E-state index contributed by atoms with van der Waals surface area (Å²) in [4.78, 5) is 39.8. The Balaban J connectivity index is 1.97. The predicted molar refractivity (Wildman–Crippen MR) is 79.1 cm³/mol. The first kappa shape index (κ1) is 15.5. The number of hydrogen-bond donors (Lipinski definition) is 1. The third kappa shape index (κ3) is 3.61. The molecular formula is C12H13N3O4S2. The van der Waals surface area contributed by atoms with Crippen LogP contribution in [0.3, 0.4) is 0 Å². The summed E-state index contributed by atoms with van der Waals surface area (Å²) < 4.78 is 1.68. The minimum absolute atomic E-state index is 0.0906. The summed E-state index contributed by atoms with van der Waals surface area (Å²) in [5.41, 5.74) is 0.428. The van der Waals surface area contributed by atoms with Gasteiger partial charge < -0.3 is 10.0 Å². The second kappa shape index (κ2) is 6.72. The number of carbonyl (C=O) groups is 3. The summed E-state index contributed by atoms with van der Waals surface area (Å²) in [7, 11) is 1.55. The number of imidazole rings is 1. The van der Waals surface area contributed by atoms with Gasteiger partial charge in [0.15, 0.2) is 11.2 Å². The smallest absolute Gasteiger partial charge is 0.305 e. The van der Waals surface area contributed by atoms with E-state index in [1.165, 1.54) is 28.0 Å². The topological polar surface area (TPSA) is 92.0 Å². The molecule has 2 aromatic heterocycles. The molecular weight excluding hydrogens is 314 g/mol. The number of hydrogen-bond acceptors (Lipinski definition) is 6. The Morgan fingerprint density at radius 1 is 1.57 bits per heavy atom. The first-order chi connectivity index (χ1) is 10.0. The van der Waals surface area contributed by atoms with Crippen LogP contribution in [-0.4, -0.2) is 56.9 Å². The number of aliphatic carboxylic acids is 1. The zero-order chi connectivity index (χ0) is 15.4. The lowest BCUT2D eigenvalue weighted by molar-refractivity contribution is -0.137. The first-order valence-electron chi connectivity index (χ1n) is 6.02. The number of carboxylic acids is 1. The fourth-order valence-electron chi connectivity index (χ4n) is 1.63. The van der Waals surface area contributed by atoms with Crippen LogP contribution in [0.4, 0.5) is 0 Å². The Morgan fingerprint density at radius 3 is 3.00 bits per heavy atom. The molecule has 0 aliphatic rings. The van der Waals surface area contributed by atoms with E-state index in [1.54, 1.807) is 17.6 Å². The van der Waals surface area contributed by atoms with E-state index in [1.807, 2.05) is 5.38 Å². The second-order valence-corrected chi connectivity index (χ2v) is 6.06. The number of carbonyl (C=O) groups excluding carboxylic acids is 2. The Hall–Kier alpha value is -1.87. The van der Waals surface area contributed by atoms with Crippen LogP contribution in [0.1, 0.15) is 16.9 Å². The van der Waals surface area contributed by atoms with E-state index >= 15 is 0 Å². The maximum absolute atomic E-state index is 11.9. The Labute approximate surface area is 128 Å². The van der Waals surface area contributed by atoms with Gasteiger partial charge in [-0.1, -0.05) is 11.8 Å². The van der Waals surface area contributed by atoms with Gasteiger partial charge in [0, 0.05) is 25.2 Å². The molecule has 21 heavy (non-hydrogen) atoms. The molecule has 0 bridgehead atoms. The fraction of sp³-hybridized carbons (Fsp3) is 0.333. The van der Waals surface area contributed by atoms with Gasteiger partial charge in [-0.2, -0.15) is 0 Å². The highest BCUT2D eigenvalue weighted by atomic mass is 32.2. The van der Waals surface area contributed by atoms with Crippen LogP contribution in [-0.2, 0) is 9.59 Å². The van der Waals surface area contributed by atoms with Crippen LogP contribution < -0.4 is 0 Å². The zero-order valence-electron chi connectivity index (χ0n) is 11.2. The van der Waals surface area contributed by atoms with Crippen molar-refractivity contribution in [2.24, 2.45) is 0 Å². The quantitative estimate of drug-likeness (QED) is 0.607. The molecule has 0 aliphatic carbocycles. The van der Waals surface area contributed by atoms with E-state index in [0.29, 0.717) is 22.0 Å². The summed E-state index contributed by atoms with van der Waals surface area (Å²) in [6.45, 7) is 0.160. The van der Waals surface area contributed by atoms with Crippen molar-refractivity contribution in [2.45, 2.75) is 11.4 Å². The van der Waals surface area contributed by atoms with Gasteiger partial charge in [0.1, 0.15) is 10.7 Å². The number of thioether (sulfide) groups is 1. The normalized spacial score (nSPS) is 10.7. The zero-order valence-corrected chi connectivity index (χ0v) is 12.8. The minimum atomic E-state index is -0.945. The van der Waals surface area contributed by atoms with E-state index in [0.717, 1.165) is 0 Å². The molecule has 9 heteroatoms. The van der Waals surface area contributed by atoms with Gasteiger partial charge in [0.2, 0.25) is 5.91 Å². The van der Waals surface area contributed by atoms with Crippen molar-refractivity contribution in [2.75, 3.05) is 19.3 Å². The summed E-state index contributed by atoms with van der Waals surface area (Å²) in [5.74, 6) is -1.03. The molecule has 112 valence electrons. The van der Waals surface area contributed by atoms with Crippen molar-refractivity contribution < 1.29 is 19.5 Å². The first-order valence-corrected chi connectivity index (χ1v) is 7.88. The number of carboxylic acid groups (broad SMARTS) is 1. The molecule has 2 heterocycles. The number of thiazole rings is 1. The van der Waals surface area contributed by atoms with Gasteiger partial charge in [0.25, 0.3) is 0 Å². The maximum atomic E-state index is 11.9. The molecule has 0 unspecified atom stereocenters. The summed E-state index contributed by atoms with van der Waals surface area (Å²) >= 11 is 2.59. The molecule has 0 radical (unpaired) electrons. The van der Waals surface area contributed by atoms with Crippen molar-refractivity contribution >= 4 is 46.2 Å². The summed E-state index contributed by atoms with van der Waals surface area (Å²) in [6.07, 6.45) is 2.38. The monoisotopic (exact) mass is 327 g/mol. The average molecular weight is 327 g/mol. The van der Waals surface area contributed by atoms with Crippen LogP contribution in [0.5, 0.6) is 0 Å². The lowest BCUT2D eigenvalue weighted by Crippen LogP contribution is -2.30. The largest absolute Gasteiger partial charge is 0.481 e. The minimum Gasteiger partial charge on any atom is -0.481 e. The molecule has 7 nitrogen and oxygen atoms in total. The number of amides is 1. The molecule has 2 aromatic rings. The fourth-order valence-corrected chi connectivity index (χ4v) is 3.33. The Morgan fingerprint density at radius 2 is 2.33 bits per heavy atom. The third-order valence-electron chi connectivity index (χ3n) is 2.80. The average Bonchev–Trinajstić information content (AvgIpc) is 3.01. The number of aromatic nitrogens is 2. The van der Waals surface area contributed by atoms with Crippen molar-refractivity contribution in [3.05, 3.63) is 17.3 Å². The highest BCUT2D eigenvalue weighted by Crippen LogP contribution is 2.24. The molecule has 0 aromatic carbocycles. The van der Waals surface area contributed by atoms with Crippen molar-refractivity contribution in [1.82, 2.24) is 14.3 Å². The highest BCUT2D eigenvalue weighted by molar-refractivity contribution is 8.00. The molecule has 0 saturated heterocycles. The van der Waals surface area contributed by atoms with E-state index in [-0.39, 0.29) is 24.6 Å². The summed E-state index contributed by atoms with van der Waals surface area (Å²) in [5, 5.41) is 10.9. The molecule has 0 spiro atoms. The van der Waals surface area contributed by atoms with Gasteiger partial charge in [0.05, 0.1) is 12.2 Å². The Kier molecular flexibility index (Phi) is 4.97. The predicted octanol–water partition coefficient (Wildman–Crippen LogP) is 1.23. The third-order valence-corrected chi connectivity index (χ3v) is 4.52. The lowest BCUT2D eigenvalue weighted by atomic mass is 10.4. The number of fused-ring (bicyclic) bond motifs is 1. The van der Waals surface area contributed by atoms with Crippen LogP contribution in [0.15, 0.2) is 16.6 Å². The van der Waals surface area contributed by atoms with Crippen LogP contribution >= 0.6 is 23.1 Å². The van der Waals surface area contributed by atoms with Gasteiger partial charge in [-0.15, -0.1) is 11.3 Å². The number of nitrogens with zero attached hydrogens (tertiary/aromatic N) is 3. The SMILES string of the molecule is CN(CCC(=O)O)C(=O)CSc1nc2sccn2c1C=O. The van der Waals surface area contributed by atoms with Crippen molar-refractivity contribution in [3.8, 4) is 0 Å². The van der Waals surface area contributed by atoms with E-state index in [2.05, 4.69) is 4.98 Å². The highest BCUT2D eigenvalue weighted by Gasteiger charge is 2.16. The standard InChI is InChI=1S/C12H13N3O4S2/c1-14(3-2-10(18)19)9(17)7-21-11-8(6-16)15-4-5-20-12(15)13-11/h4-6H,2-3,7H2,1H3,(H,18,19). The van der Waals surface area contributed by atoms with Gasteiger partial charge >= 0.3 is 5.97 Å². The molecule has 1 amide bonds. The molecule has 2 rings (SSSR count). The van der Waals surface area contributed by atoms with Crippen molar-refractivity contribution in [1.29, 1.82) is 0 Å². The summed E-state index contributed by atoms with van der Waals surface area (Å²) in [6, 6.07) is 0. The molecule has 0 fully saturated rings. The van der Waals surface area contributed by atoms with Crippen molar-refractivity contribution in [3.63, 3.8) is 0 Å². The van der Waals surface area contributed by atoms with Crippen LogP contribution in [0, 0.1) is 0 Å². The van der Waals surface area contributed by atoms with Gasteiger partial charge in [-0.3, -0.25) is 18.8 Å². The van der Waals surface area contributed by atoms with E-state index in [4.69, 9.17) is 5.11 Å². The molecule has 0 atom stereocenters. The lowest BCUT2D eigenvalue weighted by Gasteiger charge is -2.15. The van der Waals surface area contributed by atoms with Gasteiger partial charge in [-0.05, 0) is 0 Å². The van der Waals surface area contributed by atoms with Gasteiger partial charge in [-0.25, -0.2) is 4.98 Å².